The number of rotatable bonds is 6. The number of aliphatic hydroxyl groups is 1. The van der Waals surface area contributed by atoms with E-state index in [4.69, 9.17) is 9.47 Å². The van der Waals surface area contributed by atoms with Crippen molar-refractivity contribution >= 4 is 5.91 Å². The second-order valence-electron chi connectivity index (χ2n) is 6.70. The van der Waals surface area contributed by atoms with Gasteiger partial charge in [0.25, 0.3) is 0 Å². The molecule has 2 aromatic rings. The van der Waals surface area contributed by atoms with Crippen LogP contribution in [0, 0.1) is 5.82 Å². The zero-order valence-corrected chi connectivity index (χ0v) is 15.3. The number of ether oxygens (including phenoxy) is 2. The first kappa shape index (κ1) is 19.3. The molecule has 0 unspecified atom stereocenters. The van der Waals surface area contributed by atoms with Crippen molar-refractivity contribution in [1.82, 2.24) is 5.32 Å². The van der Waals surface area contributed by atoms with Crippen LogP contribution < -0.4 is 10.1 Å². The molecule has 144 valence electrons. The first-order chi connectivity index (χ1) is 13.0. The van der Waals surface area contributed by atoms with Crippen LogP contribution >= 0.6 is 0 Å². The topological polar surface area (TPSA) is 67.8 Å². The first-order valence-corrected chi connectivity index (χ1v) is 8.99. The van der Waals surface area contributed by atoms with Gasteiger partial charge in [-0.25, -0.2) is 4.39 Å². The van der Waals surface area contributed by atoms with Crippen LogP contribution in [0.2, 0.25) is 0 Å². The third kappa shape index (κ3) is 4.28. The number of carbonyl (C=O) groups excluding carboxylic acids is 1. The lowest BCUT2D eigenvalue weighted by Crippen LogP contribution is -2.48. The van der Waals surface area contributed by atoms with Gasteiger partial charge < -0.3 is 19.9 Å². The molecular weight excluding hydrogens is 349 g/mol. The molecule has 0 aromatic heterocycles. The summed E-state index contributed by atoms with van der Waals surface area (Å²) in [5, 5.41) is 13.2. The van der Waals surface area contributed by atoms with Gasteiger partial charge in [0.2, 0.25) is 5.91 Å². The Morgan fingerprint density at radius 2 is 1.81 bits per heavy atom. The Labute approximate surface area is 158 Å². The Morgan fingerprint density at radius 3 is 2.41 bits per heavy atom. The largest absolute Gasteiger partial charge is 0.497 e. The SMILES string of the molecule is COc1ccc(C2(C(=O)NC[C@H](O)c3ccc(F)cc3)CCOCC2)cc1. The van der Waals surface area contributed by atoms with E-state index >= 15 is 0 Å². The Bertz CT molecular complexity index is 755. The van der Waals surface area contributed by atoms with Crippen molar-refractivity contribution in [3.05, 3.63) is 65.5 Å². The first-order valence-electron chi connectivity index (χ1n) is 8.99. The van der Waals surface area contributed by atoms with E-state index < -0.39 is 11.5 Å². The fourth-order valence-electron chi connectivity index (χ4n) is 3.44. The number of amides is 1. The van der Waals surface area contributed by atoms with Gasteiger partial charge in [-0.3, -0.25) is 4.79 Å². The van der Waals surface area contributed by atoms with Crippen molar-refractivity contribution in [2.45, 2.75) is 24.4 Å². The second kappa shape index (κ2) is 8.50. The molecule has 1 heterocycles. The molecule has 3 rings (SSSR count). The average Bonchev–Trinajstić information content (AvgIpc) is 2.72. The van der Waals surface area contributed by atoms with Crippen molar-refractivity contribution in [2.24, 2.45) is 0 Å². The Balaban J connectivity index is 1.74. The van der Waals surface area contributed by atoms with Crippen LogP contribution in [0.25, 0.3) is 0 Å². The molecule has 0 bridgehead atoms. The van der Waals surface area contributed by atoms with Crippen LogP contribution in [-0.2, 0) is 14.9 Å². The molecule has 0 aliphatic carbocycles. The number of carbonyl (C=O) groups is 1. The van der Waals surface area contributed by atoms with E-state index in [1.54, 1.807) is 7.11 Å². The van der Waals surface area contributed by atoms with Crippen LogP contribution in [0.5, 0.6) is 5.75 Å². The van der Waals surface area contributed by atoms with Gasteiger partial charge in [0.1, 0.15) is 11.6 Å². The Morgan fingerprint density at radius 1 is 1.19 bits per heavy atom. The van der Waals surface area contributed by atoms with Crippen LogP contribution in [0.15, 0.2) is 48.5 Å². The summed E-state index contributed by atoms with van der Waals surface area (Å²) >= 11 is 0. The quantitative estimate of drug-likeness (QED) is 0.817. The predicted molar refractivity (Wildman–Crippen MR) is 99.1 cm³/mol. The highest BCUT2D eigenvalue weighted by Gasteiger charge is 2.41. The molecule has 27 heavy (non-hydrogen) atoms. The number of hydrogen-bond acceptors (Lipinski definition) is 4. The predicted octanol–water partition coefficient (Wildman–Crippen LogP) is 2.73. The number of methoxy groups -OCH3 is 1. The van der Waals surface area contributed by atoms with Gasteiger partial charge >= 0.3 is 0 Å². The van der Waals surface area contributed by atoms with Gasteiger partial charge in [0, 0.05) is 19.8 Å². The van der Waals surface area contributed by atoms with Crippen molar-refractivity contribution in [3.8, 4) is 5.75 Å². The molecule has 2 N–H and O–H groups in total. The van der Waals surface area contributed by atoms with Crippen molar-refractivity contribution in [1.29, 1.82) is 0 Å². The number of hydrogen-bond donors (Lipinski definition) is 2. The molecule has 1 aliphatic rings. The molecule has 1 atom stereocenters. The minimum Gasteiger partial charge on any atom is -0.497 e. The minimum atomic E-state index is -0.901. The van der Waals surface area contributed by atoms with Crippen molar-refractivity contribution < 1.29 is 23.8 Å². The Hall–Kier alpha value is -2.44. The summed E-state index contributed by atoms with van der Waals surface area (Å²) in [6.07, 6.45) is 0.234. The average molecular weight is 373 g/mol. The van der Waals surface area contributed by atoms with Crippen molar-refractivity contribution in [3.63, 3.8) is 0 Å². The lowest BCUT2D eigenvalue weighted by Gasteiger charge is -2.36. The molecule has 2 aromatic carbocycles. The maximum atomic E-state index is 13.1. The van der Waals surface area contributed by atoms with Gasteiger partial charge in [-0.15, -0.1) is 0 Å². The molecule has 0 radical (unpaired) electrons. The molecule has 0 saturated carbocycles. The standard InChI is InChI=1S/C21H24FNO4/c1-26-18-8-4-16(5-9-18)21(10-12-27-13-11-21)20(25)23-14-19(24)15-2-6-17(22)7-3-15/h2-9,19,24H,10-14H2,1H3,(H,23,25)/t19-/m0/s1. The van der Waals surface area contributed by atoms with Gasteiger partial charge in [-0.2, -0.15) is 0 Å². The van der Waals surface area contributed by atoms with Crippen LogP contribution in [-0.4, -0.2) is 37.9 Å². The summed E-state index contributed by atoms with van der Waals surface area (Å²) in [6, 6.07) is 13.1. The number of aliphatic hydroxyl groups excluding tert-OH is 1. The molecule has 1 saturated heterocycles. The van der Waals surface area contributed by atoms with E-state index in [2.05, 4.69) is 5.32 Å². The van der Waals surface area contributed by atoms with Crippen LogP contribution in [0.1, 0.15) is 30.1 Å². The van der Waals surface area contributed by atoms with Crippen LogP contribution in [0.4, 0.5) is 4.39 Å². The molecule has 1 fully saturated rings. The molecule has 5 nitrogen and oxygen atoms in total. The zero-order valence-electron chi connectivity index (χ0n) is 15.3. The summed E-state index contributed by atoms with van der Waals surface area (Å²) in [5.41, 5.74) is 0.759. The maximum absolute atomic E-state index is 13.1. The van der Waals surface area contributed by atoms with Gasteiger partial charge in [0.05, 0.1) is 18.6 Å². The third-order valence-electron chi connectivity index (χ3n) is 5.13. The number of halogens is 1. The fraction of sp³-hybridized carbons (Fsp3) is 0.381. The summed E-state index contributed by atoms with van der Waals surface area (Å²) in [7, 11) is 1.60. The highest BCUT2D eigenvalue weighted by molar-refractivity contribution is 5.88. The molecular formula is C21H24FNO4. The number of benzene rings is 2. The summed E-state index contributed by atoms with van der Waals surface area (Å²) in [4.78, 5) is 13.1. The smallest absolute Gasteiger partial charge is 0.230 e. The van der Waals surface area contributed by atoms with Crippen LogP contribution in [0.3, 0.4) is 0 Å². The molecule has 1 amide bonds. The monoisotopic (exact) mass is 373 g/mol. The van der Waals surface area contributed by atoms with Gasteiger partial charge in [-0.1, -0.05) is 24.3 Å². The molecule has 6 heteroatoms. The van der Waals surface area contributed by atoms with E-state index in [1.165, 1.54) is 24.3 Å². The van der Waals surface area contributed by atoms with E-state index in [0.717, 1.165) is 11.3 Å². The van der Waals surface area contributed by atoms with Gasteiger partial charge in [-0.05, 0) is 48.2 Å². The maximum Gasteiger partial charge on any atom is 0.230 e. The van der Waals surface area contributed by atoms with E-state index in [9.17, 15) is 14.3 Å². The highest BCUT2D eigenvalue weighted by atomic mass is 19.1. The normalized spacial score (nSPS) is 17.1. The summed E-state index contributed by atoms with van der Waals surface area (Å²) < 4.78 is 23.7. The van der Waals surface area contributed by atoms with E-state index in [0.29, 0.717) is 31.6 Å². The highest BCUT2D eigenvalue weighted by Crippen LogP contribution is 2.36. The van der Waals surface area contributed by atoms with E-state index in [-0.39, 0.29) is 18.3 Å². The minimum absolute atomic E-state index is 0.0588. The molecule has 0 spiro atoms. The number of nitrogens with one attached hydrogen (secondary N) is 1. The Kier molecular flexibility index (Phi) is 6.08. The van der Waals surface area contributed by atoms with E-state index in [1.807, 2.05) is 24.3 Å². The molecule has 1 aliphatic heterocycles. The lowest BCUT2D eigenvalue weighted by molar-refractivity contribution is -0.131. The second-order valence-corrected chi connectivity index (χ2v) is 6.70. The van der Waals surface area contributed by atoms with Crippen molar-refractivity contribution in [2.75, 3.05) is 26.9 Å². The zero-order chi connectivity index (χ0) is 19.3. The third-order valence-corrected chi connectivity index (χ3v) is 5.13. The summed E-state index contributed by atoms with van der Waals surface area (Å²) in [6.45, 7) is 1.06. The van der Waals surface area contributed by atoms with Gasteiger partial charge in [0.15, 0.2) is 0 Å². The summed E-state index contributed by atoms with van der Waals surface area (Å²) in [5.74, 6) is 0.223. The lowest BCUT2D eigenvalue weighted by atomic mass is 9.73. The fourth-order valence-corrected chi connectivity index (χ4v) is 3.44.